The Morgan fingerprint density at radius 1 is 1.02 bits per heavy atom. The number of aliphatic hydroxyl groups excluding tert-OH is 1. The van der Waals surface area contributed by atoms with E-state index in [0.717, 1.165) is 27.7 Å². The molecule has 3 heteroatoms. The van der Waals surface area contributed by atoms with Crippen molar-refractivity contribution in [3.63, 3.8) is 0 Å². The number of anilines is 1. The van der Waals surface area contributed by atoms with Crippen molar-refractivity contribution in [2.75, 3.05) is 11.4 Å². The summed E-state index contributed by atoms with van der Waals surface area (Å²) < 4.78 is 1.04. The molecule has 1 N–H and O–H groups in total. The molecule has 2 aliphatic rings. The van der Waals surface area contributed by atoms with Crippen LogP contribution in [0.1, 0.15) is 45.7 Å². The van der Waals surface area contributed by atoms with Gasteiger partial charge in [0.05, 0.1) is 5.76 Å². The first kappa shape index (κ1) is 28.0. The van der Waals surface area contributed by atoms with Gasteiger partial charge in [-0.05, 0) is 84.2 Å². The summed E-state index contributed by atoms with van der Waals surface area (Å²) in [5.41, 5.74) is 6.08. The molecule has 0 amide bonds. The van der Waals surface area contributed by atoms with Crippen LogP contribution in [0.3, 0.4) is 0 Å². The molecule has 3 aromatic rings. The minimum absolute atomic E-state index is 0.237. The number of allylic oxidation sites excluding steroid dienone is 8. The largest absolute Gasteiger partial charge is 0.512 e. The normalized spacial score (nSPS) is 18.2. The van der Waals surface area contributed by atoms with Crippen LogP contribution >= 0.6 is 15.9 Å². The highest BCUT2D eigenvalue weighted by Crippen LogP contribution is 2.52. The van der Waals surface area contributed by atoms with Gasteiger partial charge in [-0.15, -0.1) is 0 Å². The van der Waals surface area contributed by atoms with Crippen LogP contribution in [0.15, 0.2) is 131 Å². The molecule has 40 heavy (non-hydrogen) atoms. The molecule has 0 aromatic heterocycles. The fourth-order valence-electron chi connectivity index (χ4n) is 5.89. The summed E-state index contributed by atoms with van der Waals surface area (Å²) in [6.45, 7) is 15.9. The number of rotatable bonds is 7. The van der Waals surface area contributed by atoms with Gasteiger partial charge in [-0.3, -0.25) is 0 Å². The van der Waals surface area contributed by atoms with Crippen molar-refractivity contribution >= 4 is 38.0 Å². The van der Waals surface area contributed by atoms with Crippen LogP contribution < -0.4 is 4.90 Å². The predicted molar refractivity (Wildman–Crippen MR) is 176 cm³/mol. The van der Waals surface area contributed by atoms with Gasteiger partial charge in [-0.2, -0.15) is 0 Å². The number of fused-ring (bicyclic) bond motifs is 3. The molecule has 1 heterocycles. The van der Waals surface area contributed by atoms with Gasteiger partial charge in [0.25, 0.3) is 0 Å². The van der Waals surface area contributed by atoms with E-state index in [2.05, 4.69) is 138 Å². The van der Waals surface area contributed by atoms with Gasteiger partial charge in [0.15, 0.2) is 0 Å². The Hall–Kier alpha value is -3.56. The summed E-state index contributed by atoms with van der Waals surface area (Å²) in [5.74, 6) is 0.662. The Balaban J connectivity index is 1.73. The molecule has 0 atom stereocenters. The lowest BCUT2D eigenvalue weighted by molar-refractivity contribution is 0.295. The van der Waals surface area contributed by atoms with Crippen molar-refractivity contribution in [2.45, 2.75) is 40.0 Å². The Bertz CT molecular complexity index is 1600. The van der Waals surface area contributed by atoms with E-state index in [1.807, 2.05) is 20.8 Å². The highest BCUT2D eigenvalue weighted by atomic mass is 79.9. The molecule has 0 radical (unpaired) electrons. The van der Waals surface area contributed by atoms with Crippen LogP contribution in [0.2, 0.25) is 0 Å². The standard InChI is InChI=1S/C37H38BrNO/c1-7-34(40)36(3,4)25(2)22-29(27-16-19-30(38)20-17-27)23-33-37(5,6)35-31-15-11-10-14-28(31)18-21-32(35)39(33)24-26-12-8-9-13-26/h7-23,26,40H,2,24H2,1,3-6H3/b29-22-,33-23+,34-7+. The summed E-state index contributed by atoms with van der Waals surface area (Å²) in [6.07, 6.45) is 15.1. The molecule has 0 spiro atoms. The SMILES string of the molecule is C=C(/C=C(/C=C1/N(CC2C=CC=C2)c2ccc3ccccc3c2C1(C)C)c1ccc(Br)cc1)C(C)(C)/C(O)=C\C. The lowest BCUT2D eigenvalue weighted by atomic mass is 9.79. The van der Waals surface area contributed by atoms with Crippen molar-refractivity contribution in [2.24, 2.45) is 11.3 Å². The first-order valence-electron chi connectivity index (χ1n) is 13.9. The topological polar surface area (TPSA) is 23.5 Å². The predicted octanol–water partition coefficient (Wildman–Crippen LogP) is 10.5. The van der Waals surface area contributed by atoms with Crippen LogP contribution in [-0.2, 0) is 5.41 Å². The zero-order valence-corrected chi connectivity index (χ0v) is 25.7. The minimum Gasteiger partial charge on any atom is -0.512 e. The Morgan fingerprint density at radius 2 is 1.70 bits per heavy atom. The van der Waals surface area contributed by atoms with E-state index in [1.165, 1.54) is 27.7 Å². The molecule has 3 aromatic carbocycles. The molecule has 5 rings (SSSR count). The number of hydrogen-bond acceptors (Lipinski definition) is 2. The summed E-state index contributed by atoms with van der Waals surface area (Å²) in [4.78, 5) is 2.51. The van der Waals surface area contributed by atoms with E-state index < -0.39 is 5.41 Å². The maximum Gasteiger partial charge on any atom is 0.0979 e. The van der Waals surface area contributed by atoms with Crippen molar-refractivity contribution in [1.82, 2.24) is 0 Å². The highest BCUT2D eigenvalue weighted by Gasteiger charge is 2.42. The van der Waals surface area contributed by atoms with Crippen LogP contribution in [0.4, 0.5) is 5.69 Å². The molecule has 0 fully saturated rings. The van der Waals surface area contributed by atoms with Gasteiger partial charge in [0.1, 0.15) is 0 Å². The van der Waals surface area contributed by atoms with Gasteiger partial charge < -0.3 is 10.0 Å². The Labute approximate surface area is 247 Å². The van der Waals surface area contributed by atoms with Gasteiger partial charge in [0.2, 0.25) is 0 Å². The Morgan fingerprint density at radius 3 is 2.38 bits per heavy atom. The first-order valence-corrected chi connectivity index (χ1v) is 14.7. The number of benzene rings is 3. The van der Waals surface area contributed by atoms with E-state index in [4.69, 9.17) is 0 Å². The van der Waals surface area contributed by atoms with Crippen LogP contribution in [0, 0.1) is 11.3 Å². The van der Waals surface area contributed by atoms with Crippen LogP contribution in [-0.4, -0.2) is 11.7 Å². The number of halogens is 1. The minimum atomic E-state index is -0.586. The molecule has 0 saturated carbocycles. The van der Waals surface area contributed by atoms with Gasteiger partial charge in [-0.25, -0.2) is 0 Å². The second-order valence-electron chi connectivity index (χ2n) is 11.8. The number of nitrogens with zero attached hydrogens (tertiary/aromatic N) is 1. The molecule has 0 saturated heterocycles. The van der Waals surface area contributed by atoms with E-state index >= 15 is 0 Å². The maximum atomic E-state index is 10.7. The third-order valence-corrected chi connectivity index (χ3v) is 9.02. The smallest absolute Gasteiger partial charge is 0.0979 e. The van der Waals surface area contributed by atoms with E-state index in [0.29, 0.717) is 11.7 Å². The second kappa shape index (κ2) is 10.8. The monoisotopic (exact) mass is 591 g/mol. The summed E-state index contributed by atoms with van der Waals surface area (Å²) >= 11 is 3.60. The lowest BCUT2D eigenvalue weighted by Crippen LogP contribution is -2.29. The fraction of sp³-hybridized carbons (Fsp3) is 0.243. The summed E-state index contributed by atoms with van der Waals surface area (Å²) in [5, 5.41) is 13.3. The van der Waals surface area contributed by atoms with Crippen LogP contribution in [0.5, 0.6) is 0 Å². The van der Waals surface area contributed by atoms with Crippen LogP contribution in [0.25, 0.3) is 16.3 Å². The van der Waals surface area contributed by atoms with E-state index in [1.54, 1.807) is 6.08 Å². The molecule has 2 nitrogen and oxygen atoms in total. The third-order valence-electron chi connectivity index (χ3n) is 8.49. The quantitative estimate of drug-likeness (QED) is 0.218. The highest BCUT2D eigenvalue weighted by molar-refractivity contribution is 9.10. The Kier molecular flexibility index (Phi) is 7.54. The van der Waals surface area contributed by atoms with Gasteiger partial charge in [-0.1, -0.05) is 109 Å². The average Bonchev–Trinajstić information content (AvgIpc) is 3.53. The molecule has 204 valence electrons. The molecule has 1 aliphatic heterocycles. The van der Waals surface area contributed by atoms with Gasteiger partial charge in [0, 0.05) is 39.1 Å². The van der Waals surface area contributed by atoms with Crippen molar-refractivity contribution in [3.05, 3.63) is 142 Å². The zero-order chi connectivity index (χ0) is 28.7. The first-order chi connectivity index (χ1) is 19.0. The van der Waals surface area contributed by atoms with Crippen molar-refractivity contribution in [1.29, 1.82) is 0 Å². The summed E-state index contributed by atoms with van der Waals surface area (Å²) in [7, 11) is 0. The van der Waals surface area contributed by atoms with E-state index in [-0.39, 0.29) is 5.41 Å². The number of hydrogen-bond donors (Lipinski definition) is 1. The molecule has 1 aliphatic carbocycles. The molecular formula is C37H38BrNO. The average molecular weight is 593 g/mol. The zero-order valence-electron chi connectivity index (χ0n) is 24.1. The molecular weight excluding hydrogens is 554 g/mol. The number of aliphatic hydroxyl groups is 1. The van der Waals surface area contributed by atoms with E-state index in [9.17, 15) is 5.11 Å². The van der Waals surface area contributed by atoms with Gasteiger partial charge >= 0.3 is 0 Å². The molecule has 0 unspecified atom stereocenters. The lowest BCUT2D eigenvalue weighted by Gasteiger charge is -2.30. The van der Waals surface area contributed by atoms with Crippen molar-refractivity contribution < 1.29 is 5.11 Å². The third kappa shape index (κ3) is 5.04. The molecule has 0 bridgehead atoms. The maximum absolute atomic E-state index is 10.7. The fourth-order valence-corrected chi connectivity index (χ4v) is 6.16. The van der Waals surface area contributed by atoms with Crippen molar-refractivity contribution in [3.8, 4) is 0 Å². The summed E-state index contributed by atoms with van der Waals surface area (Å²) in [6, 6.07) is 21.7. The second-order valence-corrected chi connectivity index (χ2v) is 12.7.